The monoisotopic (exact) mass is 153 g/mol. The average Bonchev–Trinajstić information content (AvgIpc) is 2.57. The Kier molecular flexibility index (Phi) is 1.39. The molecule has 0 aromatic carbocycles. The second-order valence-corrected chi connectivity index (χ2v) is 4.93. The van der Waals surface area contributed by atoms with Crippen LogP contribution < -0.4 is 5.73 Å². The summed E-state index contributed by atoms with van der Waals surface area (Å²) in [5, 5.41) is 0. The highest BCUT2D eigenvalue weighted by Gasteiger charge is 2.63. The SMILES string of the molecule is CC1C(N)CC2(C(C)C)CC12. The van der Waals surface area contributed by atoms with E-state index in [9.17, 15) is 0 Å². The Morgan fingerprint density at radius 1 is 1.36 bits per heavy atom. The van der Waals surface area contributed by atoms with E-state index in [1.807, 2.05) is 0 Å². The lowest BCUT2D eigenvalue weighted by Gasteiger charge is -2.18. The molecule has 4 unspecified atom stereocenters. The molecule has 0 saturated heterocycles. The molecule has 0 amide bonds. The quantitative estimate of drug-likeness (QED) is 0.612. The molecule has 0 spiro atoms. The Labute approximate surface area is 69.4 Å². The minimum Gasteiger partial charge on any atom is -0.327 e. The van der Waals surface area contributed by atoms with E-state index in [-0.39, 0.29) is 0 Å². The molecular formula is C10H19N. The first-order chi connectivity index (χ1) is 5.08. The van der Waals surface area contributed by atoms with Gasteiger partial charge in [-0.05, 0) is 36.0 Å². The molecule has 0 aromatic rings. The molecule has 0 aliphatic heterocycles. The fourth-order valence-electron chi connectivity index (χ4n) is 3.12. The van der Waals surface area contributed by atoms with Crippen molar-refractivity contribution in [3.05, 3.63) is 0 Å². The summed E-state index contributed by atoms with van der Waals surface area (Å²) in [5.74, 6) is 2.61. The van der Waals surface area contributed by atoms with Crippen molar-refractivity contribution in [1.82, 2.24) is 0 Å². The van der Waals surface area contributed by atoms with Crippen molar-refractivity contribution < 1.29 is 0 Å². The van der Waals surface area contributed by atoms with Gasteiger partial charge in [-0.25, -0.2) is 0 Å². The highest BCUT2D eigenvalue weighted by Crippen LogP contribution is 2.69. The average molecular weight is 153 g/mol. The molecule has 11 heavy (non-hydrogen) atoms. The molecule has 2 N–H and O–H groups in total. The van der Waals surface area contributed by atoms with Crippen LogP contribution in [0.15, 0.2) is 0 Å². The predicted molar refractivity (Wildman–Crippen MR) is 47.1 cm³/mol. The Bertz CT molecular complexity index is 176. The van der Waals surface area contributed by atoms with Crippen LogP contribution in [0.4, 0.5) is 0 Å². The van der Waals surface area contributed by atoms with E-state index in [4.69, 9.17) is 5.73 Å². The smallest absolute Gasteiger partial charge is 0.00728 e. The van der Waals surface area contributed by atoms with E-state index in [1.165, 1.54) is 12.8 Å². The third-order valence-corrected chi connectivity index (χ3v) is 4.25. The molecule has 2 rings (SSSR count). The zero-order valence-electron chi connectivity index (χ0n) is 7.80. The number of hydrogen-bond acceptors (Lipinski definition) is 1. The minimum absolute atomic E-state index is 0.496. The summed E-state index contributed by atoms with van der Waals surface area (Å²) in [6, 6.07) is 0.496. The molecule has 0 radical (unpaired) electrons. The van der Waals surface area contributed by atoms with Gasteiger partial charge in [-0.3, -0.25) is 0 Å². The molecule has 0 aromatic heterocycles. The van der Waals surface area contributed by atoms with Gasteiger partial charge in [0.2, 0.25) is 0 Å². The first kappa shape index (κ1) is 7.60. The van der Waals surface area contributed by atoms with Crippen molar-refractivity contribution in [3.63, 3.8) is 0 Å². The highest BCUT2D eigenvalue weighted by molar-refractivity contribution is 5.14. The topological polar surface area (TPSA) is 26.0 Å². The van der Waals surface area contributed by atoms with E-state index >= 15 is 0 Å². The Hall–Kier alpha value is -0.0400. The van der Waals surface area contributed by atoms with Crippen molar-refractivity contribution in [2.75, 3.05) is 0 Å². The zero-order valence-corrected chi connectivity index (χ0v) is 7.80. The van der Waals surface area contributed by atoms with E-state index < -0.39 is 0 Å². The van der Waals surface area contributed by atoms with Crippen LogP contribution in [0.25, 0.3) is 0 Å². The van der Waals surface area contributed by atoms with Gasteiger partial charge in [0.1, 0.15) is 0 Å². The Balaban J connectivity index is 2.13. The van der Waals surface area contributed by atoms with Gasteiger partial charge in [0, 0.05) is 6.04 Å². The number of hydrogen-bond donors (Lipinski definition) is 1. The molecule has 64 valence electrons. The third-order valence-electron chi connectivity index (χ3n) is 4.25. The fourth-order valence-corrected chi connectivity index (χ4v) is 3.12. The third kappa shape index (κ3) is 0.807. The number of rotatable bonds is 1. The van der Waals surface area contributed by atoms with E-state index in [1.54, 1.807) is 0 Å². The first-order valence-corrected chi connectivity index (χ1v) is 4.83. The van der Waals surface area contributed by atoms with Gasteiger partial charge < -0.3 is 5.73 Å². The molecule has 0 heterocycles. The molecule has 1 nitrogen and oxygen atoms in total. The molecule has 2 fully saturated rings. The van der Waals surface area contributed by atoms with Crippen molar-refractivity contribution in [2.45, 2.75) is 39.7 Å². The first-order valence-electron chi connectivity index (χ1n) is 4.83. The summed E-state index contributed by atoms with van der Waals surface area (Å²) in [5.41, 5.74) is 6.70. The van der Waals surface area contributed by atoms with Crippen LogP contribution in [-0.2, 0) is 0 Å². The van der Waals surface area contributed by atoms with Gasteiger partial charge in [0.15, 0.2) is 0 Å². The molecule has 2 aliphatic rings. The lowest BCUT2D eigenvalue weighted by Crippen LogP contribution is -2.26. The fraction of sp³-hybridized carbons (Fsp3) is 1.00. The molecule has 2 saturated carbocycles. The zero-order chi connectivity index (χ0) is 8.22. The summed E-state index contributed by atoms with van der Waals surface area (Å²) in [6.45, 7) is 7.03. The van der Waals surface area contributed by atoms with Gasteiger partial charge >= 0.3 is 0 Å². The maximum absolute atomic E-state index is 6.02. The highest BCUT2D eigenvalue weighted by atomic mass is 14.8. The second-order valence-electron chi connectivity index (χ2n) is 4.93. The van der Waals surface area contributed by atoms with Gasteiger partial charge in [0.05, 0.1) is 0 Å². The lowest BCUT2D eigenvalue weighted by molar-refractivity contribution is 0.335. The normalized spacial score (nSPS) is 54.8. The van der Waals surface area contributed by atoms with Crippen LogP contribution in [0.2, 0.25) is 0 Å². The van der Waals surface area contributed by atoms with Crippen LogP contribution >= 0.6 is 0 Å². The summed E-state index contributed by atoms with van der Waals surface area (Å²) < 4.78 is 0. The minimum atomic E-state index is 0.496. The van der Waals surface area contributed by atoms with Gasteiger partial charge in [-0.1, -0.05) is 20.8 Å². The summed E-state index contributed by atoms with van der Waals surface area (Å²) in [6.07, 6.45) is 2.75. The van der Waals surface area contributed by atoms with Crippen LogP contribution in [0, 0.1) is 23.2 Å². The summed E-state index contributed by atoms with van der Waals surface area (Å²) in [7, 11) is 0. The molecular weight excluding hydrogens is 134 g/mol. The van der Waals surface area contributed by atoms with E-state index in [0.717, 1.165) is 17.8 Å². The summed E-state index contributed by atoms with van der Waals surface area (Å²) >= 11 is 0. The molecule has 0 bridgehead atoms. The summed E-state index contributed by atoms with van der Waals surface area (Å²) in [4.78, 5) is 0. The van der Waals surface area contributed by atoms with E-state index in [2.05, 4.69) is 20.8 Å². The van der Waals surface area contributed by atoms with Gasteiger partial charge in [-0.2, -0.15) is 0 Å². The molecule has 2 aliphatic carbocycles. The van der Waals surface area contributed by atoms with Crippen molar-refractivity contribution >= 4 is 0 Å². The van der Waals surface area contributed by atoms with Crippen LogP contribution in [0.5, 0.6) is 0 Å². The van der Waals surface area contributed by atoms with E-state index in [0.29, 0.717) is 11.5 Å². The second kappa shape index (κ2) is 2.01. The number of nitrogens with two attached hydrogens (primary N) is 1. The largest absolute Gasteiger partial charge is 0.327 e. The van der Waals surface area contributed by atoms with Crippen molar-refractivity contribution in [1.29, 1.82) is 0 Å². The molecule has 4 atom stereocenters. The van der Waals surface area contributed by atoms with Crippen LogP contribution in [0.1, 0.15) is 33.6 Å². The standard InChI is InChI=1S/C10H19N/c1-6(2)10-4-8(10)7(3)9(11)5-10/h6-9H,4-5,11H2,1-3H3. The van der Waals surface area contributed by atoms with Crippen molar-refractivity contribution in [3.8, 4) is 0 Å². The van der Waals surface area contributed by atoms with Gasteiger partial charge in [0.25, 0.3) is 0 Å². The predicted octanol–water partition coefficient (Wildman–Crippen LogP) is 2.02. The maximum atomic E-state index is 6.02. The van der Waals surface area contributed by atoms with Crippen molar-refractivity contribution in [2.24, 2.45) is 28.9 Å². The molecule has 1 heteroatoms. The Morgan fingerprint density at radius 2 is 2.00 bits per heavy atom. The van der Waals surface area contributed by atoms with Crippen LogP contribution in [0.3, 0.4) is 0 Å². The lowest BCUT2D eigenvalue weighted by atomic mass is 9.89. The maximum Gasteiger partial charge on any atom is 0.00728 e. The Morgan fingerprint density at radius 3 is 2.27 bits per heavy atom. The number of fused-ring (bicyclic) bond motifs is 1. The van der Waals surface area contributed by atoms with Gasteiger partial charge in [-0.15, -0.1) is 0 Å². The van der Waals surface area contributed by atoms with Crippen LogP contribution in [-0.4, -0.2) is 6.04 Å².